The van der Waals surface area contributed by atoms with Crippen LogP contribution in [-0.2, 0) is 20.9 Å². The molecule has 2 aromatic rings. The molecule has 1 N–H and O–H groups in total. The average Bonchev–Trinajstić information content (AvgIpc) is 2.79. The van der Waals surface area contributed by atoms with Gasteiger partial charge < -0.3 is 4.74 Å². The monoisotopic (exact) mass is 565 g/mol. The molecule has 0 atom stereocenters. The Morgan fingerprint density at radius 3 is 2.53 bits per heavy atom. The number of hydrogen-bond acceptors (Lipinski definition) is 7. The normalized spacial score (nSPS) is 14.7. The van der Waals surface area contributed by atoms with Crippen molar-refractivity contribution in [2.75, 3.05) is 24.7 Å². The number of carbonyl (C=O) groups is 1. The lowest BCUT2D eigenvalue weighted by atomic mass is 9.95. The Balaban J connectivity index is 2.22. The molecule has 0 bridgehead atoms. The van der Waals surface area contributed by atoms with Crippen molar-refractivity contribution < 1.29 is 36.3 Å². The summed E-state index contributed by atoms with van der Waals surface area (Å²) in [4.78, 5) is 16.8. The van der Waals surface area contributed by atoms with Crippen molar-refractivity contribution in [2.45, 2.75) is 24.9 Å². The molecule has 1 aromatic carbocycles. The molecule has 0 radical (unpaired) electrons. The maximum Gasteiger partial charge on any atom is 0.417 e. The van der Waals surface area contributed by atoms with Crippen LogP contribution in [0.25, 0.3) is 0 Å². The van der Waals surface area contributed by atoms with E-state index in [9.17, 15) is 31.6 Å². The van der Waals surface area contributed by atoms with Crippen molar-refractivity contribution in [1.82, 2.24) is 10.0 Å². The Bertz CT molecular complexity index is 1380. The molecular weight excluding hydrogens is 546 g/mol. The zero-order chi connectivity index (χ0) is 27.0. The molecule has 0 aliphatic carbocycles. The predicted octanol–water partition coefficient (Wildman–Crippen LogP) is 5.31. The number of pyridine rings is 1. The van der Waals surface area contributed by atoms with Gasteiger partial charge in [0.05, 0.1) is 32.7 Å². The minimum absolute atomic E-state index is 0.0460. The van der Waals surface area contributed by atoms with Gasteiger partial charge in [0, 0.05) is 24.6 Å². The molecule has 3 rings (SSSR count). The fourth-order valence-electron chi connectivity index (χ4n) is 3.53. The highest BCUT2D eigenvalue weighted by atomic mass is 35.5. The maximum absolute atomic E-state index is 13.5. The van der Waals surface area contributed by atoms with Gasteiger partial charge in [-0.1, -0.05) is 29.3 Å². The van der Waals surface area contributed by atoms with Crippen molar-refractivity contribution in [3.8, 4) is 0 Å². The SMILES string of the molecule is COCN(c1cc(Cl)cnc1C(=O)C1=C(C)N(O)CC=C1C)S(=O)(=O)c1ccc(Cl)c(C(F)(F)F)c1. The fourth-order valence-corrected chi connectivity index (χ4v) is 5.31. The number of hydrogen-bond donors (Lipinski definition) is 1. The number of ketones is 1. The first-order valence-electron chi connectivity index (χ1n) is 10.1. The van der Waals surface area contributed by atoms with E-state index < -0.39 is 44.2 Å². The first-order chi connectivity index (χ1) is 16.7. The van der Waals surface area contributed by atoms with E-state index >= 15 is 0 Å². The molecule has 0 unspecified atom stereocenters. The van der Waals surface area contributed by atoms with Gasteiger partial charge in [0.1, 0.15) is 12.4 Å². The van der Waals surface area contributed by atoms with Crippen LogP contribution < -0.4 is 4.31 Å². The topological polar surface area (TPSA) is 100 Å². The molecule has 1 aromatic heterocycles. The van der Waals surface area contributed by atoms with Crippen LogP contribution >= 0.6 is 23.2 Å². The molecule has 0 saturated carbocycles. The number of aromatic nitrogens is 1. The second-order valence-corrected chi connectivity index (χ2v) is 10.4. The number of sulfonamides is 1. The molecule has 194 valence electrons. The van der Waals surface area contributed by atoms with Crippen molar-refractivity contribution >= 4 is 44.7 Å². The van der Waals surface area contributed by atoms with Gasteiger partial charge in [-0.2, -0.15) is 13.2 Å². The average molecular weight is 566 g/mol. The van der Waals surface area contributed by atoms with Crippen molar-refractivity contribution in [2.24, 2.45) is 0 Å². The quantitative estimate of drug-likeness (QED) is 0.358. The number of Topliss-reactive ketones (excluding diaryl/α,β-unsaturated/α-hetero) is 1. The molecule has 0 saturated heterocycles. The Morgan fingerprint density at radius 1 is 1.25 bits per heavy atom. The summed E-state index contributed by atoms with van der Waals surface area (Å²) in [6.07, 6.45) is -2.21. The van der Waals surface area contributed by atoms with Crippen LogP contribution in [0.2, 0.25) is 10.0 Å². The molecule has 36 heavy (non-hydrogen) atoms. The Hall–Kier alpha value is -2.64. The molecule has 8 nitrogen and oxygen atoms in total. The van der Waals surface area contributed by atoms with Gasteiger partial charge in [-0.25, -0.2) is 17.7 Å². The lowest BCUT2D eigenvalue weighted by molar-refractivity contribution is -0.137. The van der Waals surface area contributed by atoms with E-state index in [4.69, 9.17) is 27.9 Å². The molecule has 0 fully saturated rings. The van der Waals surface area contributed by atoms with Crippen molar-refractivity contribution in [1.29, 1.82) is 0 Å². The lowest BCUT2D eigenvalue weighted by Crippen LogP contribution is -2.35. The van der Waals surface area contributed by atoms with Gasteiger partial charge in [-0.05, 0) is 43.7 Å². The second-order valence-electron chi connectivity index (χ2n) is 7.69. The minimum Gasteiger partial charge on any atom is -0.363 e. The first-order valence-corrected chi connectivity index (χ1v) is 12.3. The van der Waals surface area contributed by atoms with E-state index in [1.54, 1.807) is 13.0 Å². The highest BCUT2D eigenvalue weighted by Crippen LogP contribution is 2.38. The van der Waals surface area contributed by atoms with E-state index in [1.165, 1.54) is 6.92 Å². The van der Waals surface area contributed by atoms with Crippen LogP contribution in [-0.4, -0.2) is 49.8 Å². The fraction of sp³-hybridized carbons (Fsp3) is 0.273. The van der Waals surface area contributed by atoms with E-state index in [0.29, 0.717) is 15.9 Å². The number of carbonyl (C=O) groups excluding carboxylic acids is 1. The standard InChI is InChI=1S/C22H20Cl2F3N3O5S/c1-12-6-7-29(32)13(2)19(12)21(31)20-18(8-14(23)10-28-20)30(11-35-3)36(33,34)15-4-5-17(24)16(9-15)22(25,26)27/h4-6,8-10,32H,7,11H2,1-3H3. The summed E-state index contributed by atoms with van der Waals surface area (Å²) in [5.74, 6) is -0.741. The van der Waals surface area contributed by atoms with Gasteiger partial charge in [0.25, 0.3) is 10.0 Å². The van der Waals surface area contributed by atoms with E-state index in [-0.39, 0.29) is 34.2 Å². The largest absolute Gasteiger partial charge is 0.417 e. The summed E-state index contributed by atoms with van der Waals surface area (Å²) in [6, 6.07) is 3.24. The summed E-state index contributed by atoms with van der Waals surface area (Å²) in [7, 11) is -3.59. The lowest BCUT2D eigenvalue weighted by Gasteiger charge is -2.27. The predicted molar refractivity (Wildman–Crippen MR) is 127 cm³/mol. The van der Waals surface area contributed by atoms with E-state index in [1.807, 2.05) is 0 Å². The van der Waals surface area contributed by atoms with Crippen LogP contribution in [0, 0.1) is 0 Å². The number of anilines is 1. The van der Waals surface area contributed by atoms with Gasteiger partial charge in [-0.15, -0.1) is 0 Å². The number of alkyl halides is 3. The van der Waals surface area contributed by atoms with E-state index in [2.05, 4.69) is 4.98 Å². The van der Waals surface area contributed by atoms with E-state index in [0.717, 1.165) is 36.6 Å². The number of benzene rings is 1. The Kier molecular flexibility index (Phi) is 8.06. The zero-order valence-corrected chi connectivity index (χ0v) is 21.4. The number of allylic oxidation sites excluding steroid dienone is 3. The summed E-state index contributed by atoms with van der Waals surface area (Å²) in [6.45, 7) is 2.58. The van der Waals surface area contributed by atoms with Crippen LogP contribution in [0.15, 0.2) is 58.3 Å². The molecule has 0 spiro atoms. The third-order valence-electron chi connectivity index (χ3n) is 5.34. The van der Waals surface area contributed by atoms with Gasteiger partial charge in [0.2, 0.25) is 5.78 Å². The minimum atomic E-state index is -4.92. The number of nitrogens with zero attached hydrogens (tertiary/aromatic N) is 3. The number of ether oxygens (including phenoxy) is 1. The number of hydroxylamine groups is 2. The molecule has 1 aliphatic heterocycles. The molecule has 2 heterocycles. The molecule has 0 amide bonds. The highest BCUT2D eigenvalue weighted by molar-refractivity contribution is 7.92. The van der Waals surface area contributed by atoms with Gasteiger partial charge in [0.15, 0.2) is 0 Å². The highest BCUT2D eigenvalue weighted by Gasteiger charge is 2.37. The smallest absolute Gasteiger partial charge is 0.363 e. The molecule has 1 aliphatic rings. The number of methoxy groups -OCH3 is 1. The zero-order valence-electron chi connectivity index (χ0n) is 19.1. The third-order valence-corrected chi connectivity index (χ3v) is 7.60. The second kappa shape index (κ2) is 10.4. The summed E-state index contributed by atoms with van der Waals surface area (Å²) in [5, 5.41) is 10.2. The summed E-state index contributed by atoms with van der Waals surface area (Å²) in [5.41, 5.74) is -1.27. The third kappa shape index (κ3) is 5.37. The molecule has 14 heteroatoms. The van der Waals surface area contributed by atoms with Crippen LogP contribution in [0.5, 0.6) is 0 Å². The maximum atomic E-state index is 13.5. The Labute approximate surface area is 215 Å². The van der Waals surface area contributed by atoms with Crippen LogP contribution in [0.4, 0.5) is 18.9 Å². The Morgan fingerprint density at radius 2 is 1.92 bits per heavy atom. The van der Waals surface area contributed by atoms with Crippen molar-refractivity contribution in [3.05, 3.63) is 74.7 Å². The van der Waals surface area contributed by atoms with Crippen LogP contribution in [0.1, 0.15) is 29.9 Å². The van der Waals surface area contributed by atoms with Gasteiger partial charge >= 0.3 is 6.18 Å². The number of rotatable bonds is 7. The van der Waals surface area contributed by atoms with Crippen LogP contribution in [0.3, 0.4) is 0 Å². The number of halogens is 5. The van der Waals surface area contributed by atoms with Crippen molar-refractivity contribution in [3.63, 3.8) is 0 Å². The summed E-state index contributed by atoms with van der Waals surface area (Å²) >= 11 is 11.7. The van der Waals surface area contributed by atoms with Gasteiger partial charge in [-0.3, -0.25) is 15.1 Å². The first kappa shape index (κ1) is 27.9. The molecular formula is C22H20Cl2F3N3O5S. The summed E-state index contributed by atoms with van der Waals surface area (Å²) < 4.78 is 72.9.